The Hall–Kier alpha value is -1.36. The minimum atomic E-state index is -1.27. The van der Waals surface area contributed by atoms with Crippen molar-refractivity contribution >= 4 is 11.9 Å². The van der Waals surface area contributed by atoms with Crippen molar-refractivity contribution in [3.05, 3.63) is 12.2 Å². The number of hydrogen-bond donors (Lipinski definition) is 0. The Balaban J connectivity index is 1.56. The molecule has 1 aliphatic heterocycles. The van der Waals surface area contributed by atoms with E-state index in [-0.39, 0.29) is 11.0 Å². The minimum Gasteiger partial charge on any atom is -0.428 e. The fourth-order valence-electron chi connectivity index (χ4n) is 5.69. The van der Waals surface area contributed by atoms with Gasteiger partial charge in [0.15, 0.2) is 0 Å². The van der Waals surface area contributed by atoms with Crippen molar-refractivity contribution < 1.29 is 23.8 Å². The topological polar surface area (TPSA) is 61.8 Å². The Kier molecular flexibility index (Phi) is 3.18. The van der Waals surface area contributed by atoms with Gasteiger partial charge in [0.2, 0.25) is 5.79 Å². The van der Waals surface area contributed by atoms with Crippen molar-refractivity contribution in [3.63, 3.8) is 0 Å². The van der Waals surface area contributed by atoms with E-state index in [1.807, 2.05) is 6.92 Å². The molecule has 0 spiro atoms. The number of esters is 2. The lowest BCUT2D eigenvalue weighted by molar-refractivity contribution is -0.290. The Bertz CT molecular complexity index is 545. The van der Waals surface area contributed by atoms with E-state index in [0.717, 1.165) is 37.0 Å². The van der Waals surface area contributed by atoms with Crippen LogP contribution in [0.25, 0.3) is 0 Å². The summed E-state index contributed by atoms with van der Waals surface area (Å²) in [6, 6.07) is 0. The zero-order valence-electron chi connectivity index (χ0n) is 13.8. The molecular weight excluding hydrogens is 296 g/mol. The van der Waals surface area contributed by atoms with Crippen LogP contribution in [0.15, 0.2) is 12.2 Å². The molecule has 1 saturated heterocycles. The molecule has 2 atom stereocenters. The normalized spacial score (nSPS) is 47.5. The predicted octanol–water partition coefficient (Wildman–Crippen LogP) is 2.94. The Labute approximate surface area is 136 Å². The van der Waals surface area contributed by atoms with Gasteiger partial charge < -0.3 is 9.47 Å². The third-order valence-corrected chi connectivity index (χ3v) is 6.38. The van der Waals surface area contributed by atoms with Crippen LogP contribution in [0.5, 0.6) is 0 Å². The highest BCUT2D eigenvalue weighted by Gasteiger charge is 2.65. The number of ether oxygens (including phenoxy) is 3. The molecule has 5 heteroatoms. The molecular formula is C18H24O5. The number of carbonyl (C=O) groups is 2. The van der Waals surface area contributed by atoms with Crippen LogP contribution in [0.1, 0.15) is 52.4 Å². The van der Waals surface area contributed by atoms with Crippen LogP contribution in [0.3, 0.4) is 0 Å². The average molecular weight is 320 g/mol. The van der Waals surface area contributed by atoms with Gasteiger partial charge in [-0.15, -0.1) is 0 Å². The predicted molar refractivity (Wildman–Crippen MR) is 80.9 cm³/mol. The van der Waals surface area contributed by atoms with E-state index in [1.54, 1.807) is 6.92 Å². The summed E-state index contributed by atoms with van der Waals surface area (Å²) in [5, 5.41) is 0. The van der Waals surface area contributed by atoms with Crippen molar-refractivity contribution in [2.75, 3.05) is 0 Å². The summed E-state index contributed by atoms with van der Waals surface area (Å²) in [6.07, 6.45) is 5.78. The van der Waals surface area contributed by atoms with Crippen LogP contribution in [0.2, 0.25) is 0 Å². The van der Waals surface area contributed by atoms with Gasteiger partial charge in [-0.05, 0) is 63.2 Å². The summed E-state index contributed by atoms with van der Waals surface area (Å²) in [5.41, 5.74) is 0.117. The summed E-state index contributed by atoms with van der Waals surface area (Å²) in [5.74, 6) is -0.0492. The monoisotopic (exact) mass is 320 g/mol. The first-order chi connectivity index (χ1) is 10.8. The average Bonchev–Trinajstić information content (AvgIpc) is 2.73. The third-order valence-electron chi connectivity index (χ3n) is 6.38. The number of carbonyl (C=O) groups excluding carboxylic acids is 2. The van der Waals surface area contributed by atoms with Crippen molar-refractivity contribution in [2.24, 2.45) is 23.2 Å². The van der Waals surface area contributed by atoms with E-state index >= 15 is 0 Å². The lowest BCUT2D eigenvalue weighted by atomic mass is 9.47. The molecule has 0 N–H and O–H groups in total. The van der Waals surface area contributed by atoms with Gasteiger partial charge >= 0.3 is 18.2 Å². The highest BCUT2D eigenvalue weighted by molar-refractivity contribution is 5.89. The van der Waals surface area contributed by atoms with E-state index in [4.69, 9.17) is 14.2 Å². The maximum atomic E-state index is 12.2. The van der Waals surface area contributed by atoms with Crippen LogP contribution in [0, 0.1) is 23.2 Å². The van der Waals surface area contributed by atoms with E-state index < -0.39 is 24.0 Å². The lowest BCUT2D eigenvalue weighted by Gasteiger charge is -2.60. The Morgan fingerprint density at radius 2 is 1.70 bits per heavy atom. The van der Waals surface area contributed by atoms with Crippen molar-refractivity contribution in [1.29, 1.82) is 0 Å². The Morgan fingerprint density at radius 3 is 2.17 bits per heavy atom. The molecule has 126 valence electrons. The minimum absolute atomic E-state index is 0.123. The summed E-state index contributed by atoms with van der Waals surface area (Å²) < 4.78 is 16.7. The van der Waals surface area contributed by atoms with Crippen molar-refractivity contribution in [2.45, 2.75) is 64.4 Å². The van der Waals surface area contributed by atoms with Crippen molar-refractivity contribution in [1.82, 2.24) is 0 Å². The summed E-state index contributed by atoms with van der Waals surface area (Å²) >= 11 is 0. The molecule has 5 nitrogen and oxygen atoms in total. The van der Waals surface area contributed by atoms with Crippen molar-refractivity contribution in [3.8, 4) is 0 Å². The van der Waals surface area contributed by atoms with Gasteiger partial charge in [0.05, 0.1) is 0 Å². The molecule has 5 aliphatic rings. The SMILES string of the molecule is C=C(C)C(=O)OC1OC(C)(C23CC4CC(CC(C4)C2)C3)OC1=O. The fraction of sp³-hybridized carbons (Fsp3) is 0.778. The molecule has 5 fully saturated rings. The summed E-state index contributed by atoms with van der Waals surface area (Å²) in [7, 11) is 0. The maximum Gasteiger partial charge on any atom is 0.379 e. The number of hydrogen-bond acceptors (Lipinski definition) is 5. The third kappa shape index (κ3) is 2.24. The second kappa shape index (κ2) is 4.82. The van der Waals surface area contributed by atoms with Gasteiger partial charge in [0, 0.05) is 17.9 Å². The molecule has 0 radical (unpaired) electrons. The van der Waals surface area contributed by atoms with Crippen LogP contribution in [-0.2, 0) is 23.8 Å². The first kappa shape index (κ1) is 15.2. The highest BCUT2D eigenvalue weighted by Crippen LogP contribution is 2.65. The standard InChI is InChI=1S/C18H24O5/c1-10(2)14(19)21-16-15(20)22-17(3,23-16)18-7-11-4-12(8-18)6-13(5-11)9-18/h11-13,16H,1,4-9H2,2-3H3. The molecule has 4 aliphatic carbocycles. The van der Waals surface area contributed by atoms with Crippen LogP contribution < -0.4 is 0 Å². The van der Waals surface area contributed by atoms with Gasteiger partial charge in [-0.2, -0.15) is 0 Å². The molecule has 0 aromatic rings. The van der Waals surface area contributed by atoms with Gasteiger partial charge in [-0.25, -0.2) is 9.59 Å². The second-order valence-electron chi connectivity index (χ2n) is 8.20. The van der Waals surface area contributed by atoms with Crippen LogP contribution in [0.4, 0.5) is 0 Å². The molecule has 23 heavy (non-hydrogen) atoms. The summed E-state index contributed by atoms with van der Waals surface area (Å²) in [6.45, 7) is 6.93. The second-order valence-corrected chi connectivity index (χ2v) is 8.20. The highest BCUT2D eigenvalue weighted by atomic mass is 16.8. The smallest absolute Gasteiger partial charge is 0.379 e. The van der Waals surface area contributed by atoms with E-state index in [1.165, 1.54) is 19.3 Å². The quantitative estimate of drug-likeness (QED) is 0.591. The van der Waals surface area contributed by atoms with Gasteiger partial charge in [-0.1, -0.05) is 6.58 Å². The van der Waals surface area contributed by atoms with Crippen LogP contribution in [-0.4, -0.2) is 24.0 Å². The molecule has 1 heterocycles. The molecule has 4 bridgehead atoms. The Morgan fingerprint density at radius 1 is 1.17 bits per heavy atom. The lowest BCUT2D eigenvalue weighted by Crippen LogP contribution is -2.57. The van der Waals surface area contributed by atoms with E-state index in [2.05, 4.69) is 6.58 Å². The van der Waals surface area contributed by atoms with Gasteiger partial charge in [0.25, 0.3) is 0 Å². The zero-order valence-corrected chi connectivity index (χ0v) is 13.8. The molecule has 0 aromatic carbocycles. The van der Waals surface area contributed by atoms with Crippen LogP contribution >= 0.6 is 0 Å². The largest absolute Gasteiger partial charge is 0.428 e. The zero-order chi connectivity index (χ0) is 16.4. The van der Waals surface area contributed by atoms with E-state index in [9.17, 15) is 9.59 Å². The molecule has 2 unspecified atom stereocenters. The van der Waals surface area contributed by atoms with Gasteiger partial charge in [0.1, 0.15) is 0 Å². The fourth-order valence-corrected chi connectivity index (χ4v) is 5.69. The molecule has 0 aromatic heterocycles. The molecule has 0 amide bonds. The first-order valence-electron chi connectivity index (χ1n) is 8.57. The first-order valence-corrected chi connectivity index (χ1v) is 8.57. The van der Waals surface area contributed by atoms with E-state index in [0.29, 0.717) is 0 Å². The number of rotatable bonds is 3. The maximum absolute atomic E-state index is 12.2. The summed E-state index contributed by atoms with van der Waals surface area (Å²) in [4.78, 5) is 23.9. The molecule has 5 rings (SSSR count). The molecule has 4 saturated carbocycles. The number of cyclic esters (lactones) is 1. The van der Waals surface area contributed by atoms with Gasteiger partial charge in [-0.3, -0.25) is 4.74 Å².